The Kier molecular flexibility index (Phi) is 4.26. The molecule has 0 radical (unpaired) electrons. The van der Waals surface area contributed by atoms with Crippen LogP contribution in [0.3, 0.4) is 0 Å². The molecule has 1 rings (SSSR count). The maximum atomic E-state index is 8.90. The monoisotopic (exact) mass is 211 g/mol. The molecule has 0 saturated carbocycles. The number of rotatable bonds is 5. The van der Waals surface area contributed by atoms with Crippen LogP contribution in [0.1, 0.15) is 12.6 Å². The maximum Gasteiger partial charge on any atom is 0.239 e. The predicted octanol–water partition coefficient (Wildman–Crippen LogP) is -0.111. The van der Waals surface area contributed by atoms with Crippen LogP contribution in [0.15, 0.2) is 6.07 Å². The molecular formula is C9H17N5O. The van der Waals surface area contributed by atoms with Gasteiger partial charge >= 0.3 is 0 Å². The van der Waals surface area contributed by atoms with E-state index in [0.717, 1.165) is 18.1 Å². The molecule has 0 atom stereocenters. The van der Waals surface area contributed by atoms with Gasteiger partial charge in [0.2, 0.25) is 5.95 Å². The Balaban J connectivity index is 2.95. The minimum atomic E-state index is 0.0995. The first-order chi connectivity index (χ1) is 7.21. The van der Waals surface area contributed by atoms with Gasteiger partial charge < -0.3 is 10.0 Å². The molecule has 0 saturated heterocycles. The lowest BCUT2D eigenvalue weighted by atomic mass is 10.4. The van der Waals surface area contributed by atoms with Crippen LogP contribution in [0.25, 0.3) is 0 Å². The summed E-state index contributed by atoms with van der Waals surface area (Å²) in [5.41, 5.74) is 3.26. The lowest BCUT2D eigenvalue weighted by molar-refractivity contribution is 0.302. The molecular weight excluding hydrogens is 194 g/mol. The van der Waals surface area contributed by atoms with E-state index in [9.17, 15) is 0 Å². The highest BCUT2D eigenvalue weighted by atomic mass is 16.3. The molecule has 0 amide bonds. The van der Waals surface area contributed by atoms with Gasteiger partial charge in [0.1, 0.15) is 5.82 Å². The second kappa shape index (κ2) is 5.47. The van der Waals surface area contributed by atoms with Crippen molar-refractivity contribution >= 4 is 11.8 Å². The van der Waals surface area contributed by atoms with Crippen molar-refractivity contribution in [3.8, 4) is 0 Å². The molecule has 0 unspecified atom stereocenters. The summed E-state index contributed by atoms with van der Waals surface area (Å²) < 4.78 is 0. The van der Waals surface area contributed by atoms with E-state index in [4.69, 9.17) is 10.9 Å². The van der Waals surface area contributed by atoms with Gasteiger partial charge in [0.15, 0.2) is 0 Å². The molecule has 1 aromatic heterocycles. The number of likely N-dealkylation sites (N-methyl/N-ethyl adjacent to an activating group) is 1. The number of nitrogen functional groups attached to an aromatic ring is 1. The van der Waals surface area contributed by atoms with Gasteiger partial charge in [-0.2, -0.15) is 4.98 Å². The minimum absolute atomic E-state index is 0.0995. The third kappa shape index (κ3) is 3.03. The van der Waals surface area contributed by atoms with Crippen LogP contribution in [0, 0.1) is 6.92 Å². The Morgan fingerprint density at radius 1 is 1.53 bits per heavy atom. The summed E-state index contributed by atoms with van der Waals surface area (Å²) in [6, 6.07) is 1.86. The molecule has 1 aromatic rings. The average molecular weight is 211 g/mol. The predicted molar refractivity (Wildman–Crippen MR) is 59.6 cm³/mol. The van der Waals surface area contributed by atoms with E-state index in [1.54, 1.807) is 0 Å². The van der Waals surface area contributed by atoms with Gasteiger partial charge in [0.25, 0.3) is 0 Å². The lowest BCUT2D eigenvalue weighted by Crippen LogP contribution is -2.27. The zero-order chi connectivity index (χ0) is 11.3. The number of hydrogen-bond donors (Lipinski definition) is 3. The number of aliphatic hydroxyl groups excluding tert-OH is 1. The highest BCUT2D eigenvalue weighted by Gasteiger charge is 2.07. The molecule has 0 aliphatic heterocycles. The van der Waals surface area contributed by atoms with Gasteiger partial charge in [-0.3, -0.25) is 5.43 Å². The Hall–Kier alpha value is -1.40. The van der Waals surface area contributed by atoms with E-state index >= 15 is 0 Å². The van der Waals surface area contributed by atoms with E-state index in [2.05, 4.69) is 15.4 Å². The van der Waals surface area contributed by atoms with Crippen molar-refractivity contribution < 1.29 is 5.11 Å². The minimum Gasteiger partial charge on any atom is -0.395 e. The van der Waals surface area contributed by atoms with Crippen molar-refractivity contribution in [2.24, 2.45) is 5.84 Å². The molecule has 1 heterocycles. The smallest absolute Gasteiger partial charge is 0.239 e. The molecule has 84 valence electrons. The van der Waals surface area contributed by atoms with Crippen molar-refractivity contribution in [3.05, 3.63) is 11.8 Å². The summed E-state index contributed by atoms with van der Waals surface area (Å²) in [6.07, 6.45) is 0. The average Bonchev–Trinajstić information content (AvgIpc) is 2.24. The van der Waals surface area contributed by atoms with Crippen LogP contribution < -0.4 is 16.2 Å². The van der Waals surface area contributed by atoms with Crippen molar-refractivity contribution in [1.29, 1.82) is 0 Å². The summed E-state index contributed by atoms with van der Waals surface area (Å²) >= 11 is 0. The number of hydrazine groups is 1. The summed E-state index contributed by atoms with van der Waals surface area (Å²) in [4.78, 5) is 10.3. The van der Waals surface area contributed by atoms with Gasteiger partial charge in [-0.05, 0) is 13.8 Å². The van der Waals surface area contributed by atoms with Crippen molar-refractivity contribution in [2.75, 3.05) is 30.0 Å². The third-order valence-electron chi connectivity index (χ3n) is 2.05. The molecule has 0 aliphatic rings. The highest BCUT2D eigenvalue weighted by molar-refractivity contribution is 5.44. The van der Waals surface area contributed by atoms with Crippen LogP contribution in [0.4, 0.5) is 11.8 Å². The first-order valence-electron chi connectivity index (χ1n) is 4.89. The Bertz CT molecular complexity index is 317. The van der Waals surface area contributed by atoms with Gasteiger partial charge in [0.05, 0.1) is 6.61 Å². The number of nitrogens with one attached hydrogen (secondary N) is 1. The fourth-order valence-corrected chi connectivity index (χ4v) is 1.33. The third-order valence-corrected chi connectivity index (χ3v) is 2.05. The Labute approximate surface area is 89.1 Å². The SMILES string of the molecule is CCN(CCO)c1cc(C)nc(NN)n1. The summed E-state index contributed by atoms with van der Waals surface area (Å²) in [5, 5.41) is 8.90. The number of aryl methyl sites for hydroxylation is 1. The molecule has 6 heteroatoms. The van der Waals surface area contributed by atoms with Crippen LogP contribution in [-0.2, 0) is 0 Å². The maximum absolute atomic E-state index is 8.90. The fraction of sp³-hybridized carbons (Fsp3) is 0.556. The second-order valence-electron chi connectivity index (χ2n) is 3.14. The van der Waals surface area contributed by atoms with Crippen LogP contribution in [-0.4, -0.2) is 34.8 Å². The summed E-state index contributed by atoms with van der Waals surface area (Å²) in [5.74, 6) is 6.42. The van der Waals surface area contributed by atoms with Crippen molar-refractivity contribution in [2.45, 2.75) is 13.8 Å². The summed E-state index contributed by atoms with van der Waals surface area (Å²) in [6.45, 7) is 5.31. The number of nitrogens with two attached hydrogens (primary N) is 1. The molecule has 0 aliphatic carbocycles. The standard InChI is InChI=1S/C9H17N5O/c1-3-14(4-5-15)8-6-7(2)11-9(12-8)13-10/h6,15H,3-5,10H2,1-2H3,(H,11,12,13). The molecule has 6 nitrogen and oxygen atoms in total. The largest absolute Gasteiger partial charge is 0.395 e. The van der Waals surface area contributed by atoms with E-state index in [1.807, 2.05) is 24.8 Å². The molecule has 0 fully saturated rings. The van der Waals surface area contributed by atoms with Crippen LogP contribution in [0.5, 0.6) is 0 Å². The Morgan fingerprint density at radius 2 is 2.27 bits per heavy atom. The topological polar surface area (TPSA) is 87.3 Å². The molecule has 0 bridgehead atoms. The zero-order valence-electron chi connectivity index (χ0n) is 9.06. The van der Waals surface area contributed by atoms with E-state index < -0.39 is 0 Å². The molecule has 15 heavy (non-hydrogen) atoms. The normalized spacial score (nSPS) is 10.1. The summed E-state index contributed by atoms with van der Waals surface area (Å²) in [7, 11) is 0. The van der Waals surface area contributed by atoms with Crippen LogP contribution in [0.2, 0.25) is 0 Å². The van der Waals surface area contributed by atoms with E-state index in [1.165, 1.54) is 0 Å². The molecule has 0 aromatic carbocycles. The van der Waals surface area contributed by atoms with Gasteiger partial charge in [-0.25, -0.2) is 10.8 Å². The lowest BCUT2D eigenvalue weighted by Gasteiger charge is -2.21. The number of nitrogens with zero attached hydrogens (tertiary/aromatic N) is 3. The van der Waals surface area contributed by atoms with Gasteiger partial charge in [0, 0.05) is 24.8 Å². The zero-order valence-corrected chi connectivity index (χ0v) is 9.06. The van der Waals surface area contributed by atoms with Crippen molar-refractivity contribution in [3.63, 3.8) is 0 Å². The quantitative estimate of drug-likeness (QED) is 0.465. The van der Waals surface area contributed by atoms with Crippen molar-refractivity contribution in [1.82, 2.24) is 9.97 Å². The highest BCUT2D eigenvalue weighted by Crippen LogP contribution is 2.13. The fourth-order valence-electron chi connectivity index (χ4n) is 1.33. The van der Waals surface area contributed by atoms with Gasteiger partial charge in [-0.15, -0.1) is 0 Å². The van der Waals surface area contributed by atoms with E-state index in [0.29, 0.717) is 12.5 Å². The first-order valence-corrected chi connectivity index (χ1v) is 4.89. The van der Waals surface area contributed by atoms with Gasteiger partial charge in [-0.1, -0.05) is 0 Å². The first kappa shape index (κ1) is 11.7. The molecule has 4 N–H and O–H groups in total. The number of aromatic nitrogens is 2. The second-order valence-corrected chi connectivity index (χ2v) is 3.14. The Morgan fingerprint density at radius 3 is 2.80 bits per heavy atom. The van der Waals surface area contributed by atoms with E-state index in [-0.39, 0.29) is 6.61 Å². The number of hydrogen-bond acceptors (Lipinski definition) is 6. The number of aliphatic hydroxyl groups is 1. The molecule has 0 spiro atoms. The number of anilines is 2. The van der Waals surface area contributed by atoms with Crippen LogP contribution >= 0.6 is 0 Å².